The molecule has 1 aromatic rings. The second-order valence-corrected chi connectivity index (χ2v) is 9.00. The maximum Gasteiger partial charge on any atom is 0.326 e. The summed E-state index contributed by atoms with van der Waals surface area (Å²) in [4.78, 5) is 61.3. The first-order chi connectivity index (χ1) is 16.2. The minimum atomic E-state index is -1.37. The monoisotopic (exact) mass is 493 g/mol. The van der Waals surface area contributed by atoms with Crippen LogP contribution in [0.4, 0.5) is 0 Å². The average Bonchev–Trinajstić information content (AvgIpc) is 2.76. The number of benzene rings is 1. The highest BCUT2D eigenvalue weighted by Gasteiger charge is 2.33. The van der Waals surface area contributed by atoms with E-state index in [0.29, 0.717) is 5.56 Å². The zero-order chi connectivity index (χ0) is 26.9. The van der Waals surface area contributed by atoms with Crippen molar-refractivity contribution in [3.8, 4) is 5.75 Å². The van der Waals surface area contributed by atoms with E-state index < -0.39 is 66.1 Å². The lowest BCUT2D eigenvalue weighted by atomic mass is 10.00. The van der Waals surface area contributed by atoms with Crippen LogP contribution in [0.1, 0.15) is 39.7 Å². The number of hydrogen-bond acceptors (Lipinski definition) is 7. The van der Waals surface area contributed by atoms with Crippen molar-refractivity contribution >= 4 is 29.6 Å². The molecule has 0 aliphatic heterocycles. The minimum Gasteiger partial charge on any atom is -0.508 e. The Bertz CT molecular complexity index is 917. The normalized spacial score (nSPS) is 14.5. The van der Waals surface area contributed by atoms with Gasteiger partial charge >= 0.3 is 5.97 Å². The van der Waals surface area contributed by atoms with E-state index in [1.165, 1.54) is 24.3 Å². The molecule has 4 unspecified atom stereocenters. The quantitative estimate of drug-likeness (QED) is 0.180. The summed E-state index contributed by atoms with van der Waals surface area (Å²) in [5.74, 6) is -5.09. The maximum atomic E-state index is 12.9. The molecule has 9 N–H and O–H groups in total. The summed E-state index contributed by atoms with van der Waals surface area (Å²) in [6, 6.07) is 1.06. The Balaban J connectivity index is 2.99. The number of aromatic hydroxyl groups is 1. The molecule has 4 amide bonds. The van der Waals surface area contributed by atoms with Crippen molar-refractivity contribution in [2.75, 3.05) is 0 Å². The van der Waals surface area contributed by atoms with E-state index in [0.717, 1.165) is 0 Å². The lowest BCUT2D eigenvalue weighted by molar-refractivity contribution is -0.142. The molecule has 35 heavy (non-hydrogen) atoms. The Hall–Kier alpha value is -3.67. The molecule has 0 heterocycles. The van der Waals surface area contributed by atoms with E-state index in [-0.39, 0.29) is 18.1 Å². The van der Waals surface area contributed by atoms with Crippen LogP contribution in [0, 0.1) is 11.8 Å². The molecule has 0 spiro atoms. The standard InChI is InChI=1S/C23H35N5O7/c1-11(2)18(25)21(32)26-15(10-17(24)30)20(31)28-19(12(3)4)22(33)27-16(23(34)35)9-13-5-7-14(29)8-6-13/h5-8,11-12,15-16,18-19,29H,9-10,25H2,1-4H3,(H2,24,30)(H,26,32)(H,27,33)(H,28,31)(H,34,35). The second-order valence-electron chi connectivity index (χ2n) is 9.00. The van der Waals surface area contributed by atoms with Crippen LogP contribution in [-0.4, -0.2) is 64.0 Å². The number of nitrogens with one attached hydrogen (secondary N) is 3. The van der Waals surface area contributed by atoms with Gasteiger partial charge in [0, 0.05) is 6.42 Å². The summed E-state index contributed by atoms with van der Waals surface area (Å²) in [6.45, 7) is 6.69. The van der Waals surface area contributed by atoms with Crippen molar-refractivity contribution in [2.45, 2.75) is 64.7 Å². The van der Waals surface area contributed by atoms with E-state index in [2.05, 4.69) is 16.0 Å². The number of hydrogen-bond donors (Lipinski definition) is 7. The van der Waals surface area contributed by atoms with Gasteiger partial charge in [-0.2, -0.15) is 0 Å². The fourth-order valence-corrected chi connectivity index (χ4v) is 3.10. The average molecular weight is 494 g/mol. The Labute approximate surface area is 203 Å². The Morgan fingerprint density at radius 3 is 1.83 bits per heavy atom. The summed E-state index contributed by atoms with van der Waals surface area (Å²) < 4.78 is 0. The molecule has 0 aliphatic rings. The molecule has 12 heteroatoms. The molecule has 0 radical (unpaired) electrons. The van der Waals surface area contributed by atoms with Gasteiger partial charge in [0.2, 0.25) is 23.6 Å². The van der Waals surface area contributed by atoms with Gasteiger partial charge in [-0.25, -0.2) is 4.79 Å². The van der Waals surface area contributed by atoms with Crippen molar-refractivity contribution in [1.29, 1.82) is 0 Å². The summed E-state index contributed by atoms with van der Waals surface area (Å²) in [5, 5.41) is 26.2. The van der Waals surface area contributed by atoms with Gasteiger partial charge in [0.1, 0.15) is 23.9 Å². The third kappa shape index (κ3) is 9.61. The SMILES string of the molecule is CC(C)C(N)C(=O)NC(CC(N)=O)C(=O)NC(C(=O)NC(Cc1ccc(O)cc1)C(=O)O)C(C)C. The smallest absolute Gasteiger partial charge is 0.326 e. The molecule has 194 valence electrons. The number of primary amides is 1. The van der Waals surface area contributed by atoms with Gasteiger partial charge in [0.05, 0.1) is 12.5 Å². The molecule has 4 atom stereocenters. The molecule has 0 bridgehead atoms. The van der Waals surface area contributed by atoms with Crippen molar-refractivity contribution in [1.82, 2.24) is 16.0 Å². The number of carbonyl (C=O) groups excluding carboxylic acids is 4. The number of phenols is 1. The molecular formula is C23H35N5O7. The van der Waals surface area contributed by atoms with Crippen LogP contribution in [0.3, 0.4) is 0 Å². The predicted octanol–water partition coefficient (Wildman–Crippen LogP) is -1.01. The number of carboxylic acid groups (broad SMARTS) is 1. The highest BCUT2D eigenvalue weighted by molar-refractivity contribution is 5.96. The molecule has 12 nitrogen and oxygen atoms in total. The van der Waals surface area contributed by atoms with Crippen LogP contribution < -0.4 is 27.4 Å². The highest BCUT2D eigenvalue weighted by Crippen LogP contribution is 2.12. The summed E-state index contributed by atoms with van der Waals surface area (Å²) in [7, 11) is 0. The number of aliphatic carboxylic acids is 1. The summed E-state index contributed by atoms with van der Waals surface area (Å²) in [6.07, 6.45) is -0.582. The fraction of sp³-hybridized carbons (Fsp3) is 0.522. The first kappa shape index (κ1) is 29.4. The van der Waals surface area contributed by atoms with Crippen molar-refractivity contribution in [3.05, 3.63) is 29.8 Å². The second kappa shape index (κ2) is 13.3. The Morgan fingerprint density at radius 2 is 1.37 bits per heavy atom. The van der Waals surface area contributed by atoms with Gasteiger partial charge in [0.25, 0.3) is 0 Å². The molecule has 0 fully saturated rings. The zero-order valence-electron chi connectivity index (χ0n) is 20.3. The molecule has 1 aromatic carbocycles. The lowest BCUT2D eigenvalue weighted by Gasteiger charge is -2.27. The fourth-order valence-electron chi connectivity index (χ4n) is 3.10. The number of phenolic OH excluding ortho intramolecular Hbond substituents is 1. The highest BCUT2D eigenvalue weighted by atomic mass is 16.4. The van der Waals surface area contributed by atoms with Crippen LogP contribution in [0.15, 0.2) is 24.3 Å². The van der Waals surface area contributed by atoms with Crippen LogP contribution in [0.2, 0.25) is 0 Å². The van der Waals surface area contributed by atoms with Gasteiger partial charge in [-0.1, -0.05) is 39.8 Å². The van der Waals surface area contributed by atoms with Crippen LogP contribution in [0.25, 0.3) is 0 Å². The molecule has 0 aliphatic carbocycles. The molecule has 0 aromatic heterocycles. The Morgan fingerprint density at radius 1 is 0.829 bits per heavy atom. The topological polar surface area (TPSA) is 214 Å². The largest absolute Gasteiger partial charge is 0.508 e. The molecule has 0 saturated heterocycles. The van der Waals surface area contributed by atoms with E-state index in [1.807, 2.05) is 0 Å². The lowest BCUT2D eigenvalue weighted by Crippen LogP contribution is -2.59. The van der Waals surface area contributed by atoms with Gasteiger partial charge in [0.15, 0.2) is 0 Å². The number of rotatable bonds is 13. The number of carbonyl (C=O) groups is 5. The van der Waals surface area contributed by atoms with Gasteiger partial charge in [-0.3, -0.25) is 19.2 Å². The number of nitrogens with two attached hydrogens (primary N) is 2. The van der Waals surface area contributed by atoms with Crippen molar-refractivity contribution < 1.29 is 34.2 Å². The molecule has 0 saturated carbocycles. The molecular weight excluding hydrogens is 458 g/mol. The van der Waals surface area contributed by atoms with Crippen LogP contribution in [-0.2, 0) is 30.4 Å². The van der Waals surface area contributed by atoms with Crippen LogP contribution >= 0.6 is 0 Å². The van der Waals surface area contributed by atoms with Crippen molar-refractivity contribution in [3.63, 3.8) is 0 Å². The summed E-state index contributed by atoms with van der Waals surface area (Å²) in [5.41, 5.74) is 11.6. The maximum absolute atomic E-state index is 12.9. The summed E-state index contributed by atoms with van der Waals surface area (Å²) >= 11 is 0. The molecule has 1 rings (SSSR count). The minimum absolute atomic E-state index is 0.0131. The van der Waals surface area contributed by atoms with E-state index in [4.69, 9.17) is 11.5 Å². The van der Waals surface area contributed by atoms with Crippen molar-refractivity contribution in [2.24, 2.45) is 23.3 Å². The van der Waals surface area contributed by atoms with Gasteiger partial charge in [-0.05, 0) is 29.5 Å². The first-order valence-electron chi connectivity index (χ1n) is 11.2. The number of carboxylic acids is 1. The predicted molar refractivity (Wildman–Crippen MR) is 127 cm³/mol. The zero-order valence-corrected chi connectivity index (χ0v) is 20.3. The van der Waals surface area contributed by atoms with E-state index in [9.17, 15) is 34.2 Å². The van der Waals surface area contributed by atoms with Gasteiger partial charge < -0.3 is 37.6 Å². The third-order valence-electron chi connectivity index (χ3n) is 5.30. The third-order valence-corrected chi connectivity index (χ3v) is 5.30. The number of amides is 4. The van der Waals surface area contributed by atoms with Crippen LogP contribution in [0.5, 0.6) is 5.75 Å². The Kier molecular flexibility index (Phi) is 11.1. The van der Waals surface area contributed by atoms with E-state index in [1.54, 1.807) is 27.7 Å². The van der Waals surface area contributed by atoms with Gasteiger partial charge in [-0.15, -0.1) is 0 Å². The first-order valence-corrected chi connectivity index (χ1v) is 11.2. The van der Waals surface area contributed by atoms with E-state index >= 15 is 0 Å².